The zero-order valence-corrected chi connectivity index (χ0v) is 14.1. The summed E-state index contributed by atoms with van der Waals surface area (Å²) in [5.41, 5.74) is 9.14. The van der Waals surface area contributed by atoms with Crippen LogP contribution in [-0.2, 0) is 0 Å². The van der Waals surface area contributed by atoms with Gasteiger partial charge in [-0.05, 0) is 18.2 Å². The molecule has 22 heavy (non-hydrogen) atoms. The molecular weight excluding hydrogens is 318 g/mol. The first-order valence-electron chi connectivity index (χ1n) is 6.89. The van der Waals surface area contributed by atoms with Gasteiger partial charge in [0.1, 0.15) is 5.75 Å². The van der Waals surface area contributed by atoms with Crippen molar-refractivity contribution in [3.63, 3.8) is 0 Å². The number of anilines is 1. The van der Waals surface area contributed by atoms with Gasteiger partial charge in [0.15, 0.2) is 0 Å². The van der Waals surface area contributed by atoms with E-state index >= 15 is 0 Å². The molecule has 4 nitrogen and oxygen atoms in total. The molecule has 6 heteroatoms. The molecule has 2 N–H and O–H groups in total. The number of methoxy groups -OCH3 is 1. The van der Waals surface area contributed by atoms with Gasteiger partial charge < -0.3 is 10.5 Å². The molecule has 1 aromatic carbocycles. The Morgan fingerprint density at radius 1 is 1.18 bits per heavy atom. The average molecular weight is 334 g/mol. The molecule has 0 atom stereocenters. The van der Waals surface area contributed by atoms with E-state index in [-0.39, 0.29) is 0 Å². The summed E-state index contributed by atoms with van der Waals surface area (Å²) in [6.45, 7) is 4.24. The van der Waals surface area contributed by atoms with E-state index in [2.05, 4.69) is 23.8 Å². The molecule has 3 rings (SSSR count). The zero-order chi connectivity index (χ0) is 15.9. The molecule has 0 aliphatic rings. The van der Waals surface area contributed by atoms with E-state index in [4.69, 9.17) is 22.1 Å². The van der Waals surface area contributed by atoms with Crippen LogP contribution in [0.25, 0.3) is 22.3 Å². The molecule has 0 fully saturated rings. The van der Waals surface area contributed by atoms with Gasteiger partial charge in [-0.3, -0.25) is 0 Å². The summed E-state index contributed by atoms with van der Waals surface area (Å²) in [4.78, 5) is 9.27. The van der Waals surface area contributed by atoms with Crippen LogP contribution in [0.2, 0.25) is 5.02 Å². The van der Waals surface area contributed by atoms with Crippen molar-refractivity contribution in [3.05, 3.63) is 33.6 Å². The minimum atomic E-state index is 0.398. The predicted molar refractivity (Wildman–Crippen MR) is 92.9 cm³/mol. The average Bonchev–Trinajstić information content (AvgIpc) is 2.96. The van der Waals surface area contributed by atoms with Crippen LogP contribution in [0.15, 0.2) is 23.6 Å². The van der Waals surface area contributed by atoms with E-state index in [0.717, 1.165) is 27.3 Å². The maximum absolute atomic E-state index is 6.18. The summed E-state index contributed by atoms with van der Waals surface area (Å²) in [5.74, 6) is 0.987. The number of hydrogen-bond acceptors (Lipinski definition) is 5. The van der Waals surface area contributed by atoms with Crippen LogP contribution < -0.4 is 10.5 Å². The Morgan fingerprint density at radius 2 is 1.95 bits per heavy atom. The van der Waals surface area contributed by atoms with Gasteiger partial charge in [0.05, 0.1) is 34.0 Å². The van der Waals surface area contributed by atoms with Crippen LogP contribution in [-0.4, -0.2) is 17.1 Å². The number of benzene rings is 1. The van der Waals surface area contributed by atoms with E-state index in [1.807, 2.05) is 17.5 Å². The number of fused-ring (bicyclic) bond motifs is 1. The van der Waals surface area contributed by atoms with Gasteiger partial charge in [-0.2, -0.15) is 0 Å². The number of nitrogens with zero attached hydrogens (tertiary/aromatic N) is 2. The van der Waals surface area contributed by atoms with Gasteiger partial charge in [0.25, 0.3) is 0 Å². The van der Waals surface area contributed by atoms with Crippen molar-refractivity contribution in [1.29, 1.82) is 0 Å². The van der Waals surface area contributed by atoms with Crippen LogP contribution in [0.4, 0.5) is 5.69 Å². The van der Waals surface area contributed by atoms with Crippen molar-refractivity contribution in [1.82, 2.24) is 9.97 Å². The summed E-state index contributed by atoms with van der Waals surface area (Å²) in [6.07, 6.45) is 0. The highest BCUT2D eigenvalue weighted by atomic mass is 35.5. The highest BCUT2D eigenvalue weighted by Gasteiger charge is 2.13. The van der Waals surface area contributed by atoms with Crippen molar-refractivity contribution in [2.45, 2.75) is 19.8 Å². The summed E-state index contributed by atoms with van der Waals surface area (Å²) < 4.78 is 5.23. The predicted octanol–water partition coefficient (Wildman–Crippen LogP) is 4.73. The first kappa shape index (κ1) is 15.1. The molecule has 0 saturated carbocycles. The van der Waals surface area contributed by atoms with Crippen molar-refractivity contribution >= 4 is 39.5 Å². The molecule has 0 amide bonds. The normalized spacial score (nSPS) is 11.3. The summed E-state index contributed by atoms with van der Waals surface area (Å²) in [7, 11) is 1.58. The second-order valence-corrected chi connectivity index (χ2v) is 6.62. The molecule has 0 aliphatic carbocycles. The van der Waals surface area contributed by atoms with Crippen molar-refractivity contribution in [2.75, 3.05) is 12.8 Å². The quantitative estimate of drug-likeness (QED) is 0.753. The molecule has 2 aromatic heterocycles. The summed E-state index contributed by atoms with van der Waals surface area (Å²) >= 11 is 7.82. The highest BCUT2D eigenvalue weighted by molar-refractivity contribution is 7.10. The number of thiazole rings is 1. The third-order valence-electron chi connectivity index (χ3n) is 3.39. The molecule has 0 spiro atoms. The van der Waals surface area contributed by atoms with E-state index in [1.165, 1.54) is 0 Å². The molecule has 0 bridgehead atoms. The monoisotopic (exact) mass is 333 g/mol. The first-order chi connectivity index (χ1) is 10.5. The maximum atomic E-state index is 6.18. The molecule has 2 heterocycles. The Kier molecular flexibility index (Phi) is 3.93. The highest BCUT2D eigenvalue weighted by Crippen LogP contribution is 2.34. The third-order valence-corrected chi connectivity index (χ3v) is 4.83. The molecular formula is C16H16ClN3OS. The number of nitrogens with two attached hydrogens (primary N) is 1. The van der Waals surface area contributed by atoms with Gasteiger partial charge in [0.2, 0.25) is 0 Å². The van der Waals surface area contributed by atoms with Crippen molar-refractivity contribution < 1.29 is 4.74 Å². The number of pyridine rings is 1. The lowest BCUT2D eigenvalue weighted by molar-refractivity contribution is 0.415. The number of rotatable bonds is 3. The number of hydrogen-bond donors (Lipinski definition) is 1. The SMILES string of the molecule is COc1cc2c(N)cc(-c3csc(C(C)C)n3)nc2cc1Cl. The lowest BCUT2D eigenvalue weighted by Crippen LogP contribution is -1.95. The fourth-order valence-corrected chi connectivity index (χ4v) is 3.28. The minimum absolute atomic E-state index is 0.398. The molecule has 0 saturated heterocycles. The Bertz CT molecular complexity index is 845. The Labute approximate surface area is 137 Å². The molecule has 114 valence electrons. The second-order valence-electron chi connectivity index (χ2n) is 5.33. The summed E-state index contributed by atoms with van der Waals surface area (Å²) in [6, 6.07) is 5.42. The second kappa shape index (κ2) is 5.74. The topological polar surface area (TPSA) is 61.0 Å². The smallest absolute Gasteiger partial charge is 0.138 e. The lowest BCUT2D eigenvalue weighted by Gasteiger charge is -2.08. The van der Waals surface area contributed by atoms with Gasteiger partial charge in [-0.25, -0.2) is 9.97 Å². The maximum Gasteiger partial charge on any atom is 0.138 e. The van der Waals surface area contributed by atoms with Crippen LogP contribution in [0.5, 0.6) is 5.75 Å². The van der Waals surface area contributed by atoms with Crippen molar-refractivity contribution in [3.8, 4) is 17.1 Å². The van der Waals surface area contributed by atoms with E-state index < -0.39 is 0 Å². The molecule has 3 aromatic rings. The first-order valence-corrected chi connectivity index (χ1v) is 8.15. The van der Waals surface area contributed by atoms with E-state index in [9.17, 15) is 0 Å². The molecule has 0 radical (unpaired) electrons. The van der Waals surface area contributed by atoms with Gasteiger partial charge in [-0.1, -0.05) is 25.4 Å². The molecule has 0 unspecified atom stereocenters. The summed E-state index contributed by atoms with van der Waals surface area (Å²) in [5, 5.41) is 4.43. The van der Waals surface area contributed by atoms with Crippen LogP contribution in [0, 0.1) is 0 Å². The van der Waals surface area contributed by atoms with Gasteiger partial charge in [0, 0.05) is 22.4 Å². The number of nitrogen functional groups attached to an aromatic ring is 1. The number of aromatic nitrogens is 2. The van der Waals surface area contributed by atoms with Crippen LogP contribution in [0.1, 0.15) is 24.8 Å². The van der Waals surface area contributed by atoms with Crippen LogP contribution in [0.3, 0.4) is 0 Å². The van der Waals surface area contributed by atoms with E-state index in [0.29, 0.717) is 22.4 Å². The number of halogens is 1. The van der Waals surface area contributed by atoms with Crippen LogP contribution >= 0.6 is 22.9 Å². The largest absolute Gasteiger partial charge is 0.495 e. The minimum Gasteiger partial charge on any atom is -0.495 e. The lowest BCUT2D eigenvalue weighted by atomic mass is 10.1. The Hall–Kier alpha value is -1.85. The Balaban J connectivity index is 2.15. The standard InChI is InChI=1S/C16H16ClN3OS/c1-8(2)16-20-14(7-22-16)13-6-11(18)9-4-15(21-3)10(17)5-12(9)19-13/h4-8H,1-3H3,(H2,18,19). The fraction of sp³-hybridized carbons (Fsp3) is 0.250. The zero-order valence-electron chi connectivity index (χ0n) is 12.6. The van der Waals surface area contributed by atoms with Gasteiger partial charge >= 0.3 is 0 Å². The van der Waals surface area contributed by atoms with E-state index in [1.54, 1.807) is 24.5 Å². The molecule has 0 aliphatic heterocycles. The third kappa shape index (κ3) is 2.62. The van der Waals surface area contributed by atoms with Crippen molar-refractivity contribution in [2.24, 2.45) is 0 Å². The van der Waals surface area contributed by atoms with Gasteiger partial charge in [-0.15, -0.1) is 11.3 Å². The Morgan fingerprint density at radius 3 is 2.59 bits per heavy atom. The fourth-order valence-electron chi connectivity index (χ4n) is 2.21. The number of ether oxygens (including phenoxy) is 1.